The van der Waals surface area contributed by atoms with Crippen LogP contribution in [0.3, 0.4) is 0 Å². The van der Waals surface area contributed by atoms with Gasteiger partial charge in [0.2, 0.25) is 11.9 Å². The third-order valence-electron chi connectivity index (χ3n) is 2.26. The van der Waals surface area contributed by atoms with Crippen LogP contribution in [0.15, 0.2) is 0 Å². The molecule has 0 aliphatic heterocycles. The van der Waals surface area contributed by atoms with E-state index in [0.717, 1.165) is 0 Å². The van der Waals surface area contributed by atoms with Crippen LogP contribution in [-0.4, -0.2) is 59.6 Å². The van der Waals surface area contributed by atoms with Gasteiger partial charge in [0.05, 0.1) is 18.8 Å². The Morgan fingerprint density at radius 1 is 1.35 bits per heavy atom. The summed E-state index contributed by atoms with van der Waals surface area (Å²) in [6, 6.07) is 0.172. The lowest BCUT2D eigenvalue weighted by molar-refractivity contribution is 0.0693. The summed E-state index contributed by atoms with van der Waals surface area (Å²) < 4.78 is 10.3. The van der Waals surface area contributed by atoms with E-state index >= 15 is 0 Å². The molecule has 9 nitrogen and oxygen atoms in total. The molecule has 114 valence electrons. The highest BCUT2D eigenvalue weighted by Gasteiger charge is 2.15. The van der Waals surface area contributed by atoms with Crippen LogP contribution < -0.4 is 20.9 Å². The van der Waals surface area contributed by atoms with Crippen LogP contribution in [0.4, 0.5) is 11.9 Å². The predicted octanol–water partition coefficient (Wildman–Crippen LogP) is -0.612. The fourth-order valence-corrected chi connectivity index (χ4v) is 1.49. The standard InChI is InChI=1S/C11H22N6O3/c1-7(2)20-11-14-9(16-12)13-10(15-11)17(3)5-8(18)6-19-4/h7-8,18H,5-6,12H2,1-4H3,(H,13,14,15,16). The Labute approximate surface area is 118 Å². The summed E-state index contributed by atoms with van der Waals surface area (Å²) in [7, 11) is 3.27. The van der Waals surface area contributed by atoms with Crippen LogP contribution in [0.2, 0.25) is 0 Å². The quantitative estimate of drug-likeness (QED) is 0.424. The normalized spacial score (nSPS) is 12.3. The third-order valence-corrected chi connectivity index (χ3v) is 2.26. The molecule has 0 aliphatic carbocycles. The molecule has 1 rings (SSSR count). The average Bonchev–Trinajstić information content (AvgIpc) is 2.37. The molecule has 20 heavy (non-hydrogen) atoms. The van der Waals surface area contributed by atoms with Gasteiger partial charge in [-0.3, -0.25) is 5.43 Å². The first-order valence-electron chi connectivity index (χ1n) is 6.23. The number of nitrogens with zero attached hydrogens (tertiary/aromatic N) is 4. The number of aliphatic hydroxyl groups excluding tert-OH is 1. The lowest BCUT2D eigenvalue weighted by atomic mass is 10.3. The van der Waals surface area contributed by atoms with Gasteiger partial charge in [-0.05, 0) is 13.8 Å². The van der Waals surface area contributed by atoms with Gasteiger partial charge in [-0.25, -0.2) is 5.84 Å². The smallest absolute Gasteiger partial charge is 0.323 e. The van der Waals surface area contributed by atoms with Crippen molar-refractivity contribution in [1.82, 2.24) is 15.0 Å². The van der Waals surface area contributed by atoms with Crippen LogP contribution in [0.1, 0.15) is 13.8 Å². The van der Waals surface area contributed by atoms with Gasteiger partial charge in [0.1, 0.15) is 0 Å². The summed E-state index contributed by atoms with van der Waals surface area (Å²) >= 11 is 0. The maximum absolute atomic E-state index is 9.71. The van der Waals surface area contributed by atoms with Crippen molar-refractivity contribution in [2.24, 2.45) is 5.84 Å². The summed E-state index contributed by atoms with van der Waals surface area (Å²) in [5, 5.41) is 9.71. The van der Waals surface area contributed by atoms with Crippen molar-refractivity contribution in [3.8, 4) is 6.01 Å². The maximum atomic E-state index is 9.71. The molecule has 0 saturated carbocycles. The maximum Gasteiger partial charge on any atom is 0.323 e. The molecule has 1 aromatic rings. The third kappa shape index (κ3) is 5.11. The van der Waals surface area contributed by atoms with E-state index in [1.54, 1.807) is 11.9 Å². The Kier molecular flexibility index (Phi) is 6.36. The molecule has 0 aromatic carbocycles. The van der Waals surface area contributed by atoms with Crippen molar-refractivity contribution in [1.29, 1.82) is 0 Å². The van der Waals surface area contributed by atoms with E-state index in [9.17, 15) is 5.11 Å². The number of rotatable bonds is 8. The number of anilines is 2. The number of hydrazine groups is 1. The van der Waals surface area contributed by atoms with Crippen LogP contribution in [0.5, 0.6) is 6.01 Å². The Morgan fingerprint density at radius 3 is 2.60 bits per heavy atom. The molecule has 1 aromatic heterocycles. The number of nitrogens with one attached hydrogen (secondary N) is 1. The second-order valence-corrected chi connectivity index (χ2v) is 4.54. The first-order valence-corrected chi connectivity index (χ1v) is 6.23. The van der Waals surface area contributed by atoms with Crippen molar-refractivity contribution >= 4 is 11.9 Å². The van der Waals surface area contributed by atoms with Crippen LogP contribution in [-0.2, 0) is 4.74 Å². The van der Waals surface area contributed by atoms with Crippen molar-refractivity contribution < 1.29 is 14.6 Å². The molecular weight excluding hydrogens is 264 g/mol. The highest BCUT2D eigenvalue weighted by Crippen LogP contribution is 2.14. The number of aliphatic hydroxyl groups is 1. The number of ether oxygens (including phenoxy) is 2. The van der Waals surface area contributed by atoms with Crippen molar-refractivity contribution in [2.45, 2.75) is 26.1 Å². The zero-order valence-corrected chi connectivity index (χ0v) is 12.2. The van der Waals surface area contributed by atoms with E-state index in [1.165, 1.54) is 7.11 Å². The number of nitrogen functional groups attached to an aromatic ring is 1. The van der Waals surface area contributed by atoms with E-state index < -0.39 is 6.10 Å². The second kappa shape index (κ2) is 7.78. The van der Waals surface area contributed by atoms with Gasteiger partial charge in [-0.1, -0.05) is 0 Å². The summed E-state index contributed by atoms with van der Waals surface area (Å²) in [5.41, 5.74) is 2.36. The molecule has 0 amide bonds. The number of aromatic nitrogens is 3. The summed E-state index contributed by atoms with van der Waals surface area (Å²) in [6.07, 6.45) is -0.717. The number of hydrogen-bond donors (Lipinski definition) is 3. The minimum Gasteiger partial charge on any atom is -0.461 e. The first kappa shape index (κ1) is 16.3. The second-order valence-electron chi connectivity index (χ2n) is 4.54. The van der Waals surface area contributed by atoms with E-state index in [-0.39, 0.29) is 24.7 Å². The van der Waals surface area contributed by atoms with Crippen molar-refractivity contribution in [3.05, 3.63) is 0 Å². The van der Waals surface area contributed by atoms with Gasteiger partial charge >= 0.3 is 6.01 Å². The molecule has 0 aliphatic rings. The van der Waals surface area contributed by atoms with Crippen molar-refractivity contribution in [2.75, 3.05) is 37.6 Å². The largest absolute Gasteiger partial charge is 0.461 e. The zero-order chi connectivity index (χ0) is 15.1. The van der Waals surface area contributed by atoms with Gasteiger partial charge in [-0.2, -0.15) is 15.0 Å². The summed E-state index contributed by atoms with van der Waals surface area (Å²) in [4.78, 5) is 13.9. The molecule has 4 N–H and O–H groups in total. The molecule has 1 unspecified atom stereocenters. The van der Waals surface area contributed by atoms with Crippen LogP contribution in [0, 0.1) is 0 Å². The topological polar surface area (TPSA) is 119 Å². The van der Waals surface area contributed by atoms with E-state index in [0.29, 0.717) is 12.5 Å². The van der Waals surface area contributed by atoms with E-state index in [2.05, 4.69) is 20.4 Å². The SMILES string of the molecule is COCC(O)CN(C)c1nc(NN)nc(OC(C)C)n1. The average molecular weight is 286 g/mol. The van der Waals surface area contributed by atoms with Gasteiger partial charge in [0.15, 0.2) is 0 Å². The minimum atomic E-state index is -0.648. The minimum absolute atomic E-state index is 0.0692. The van der Waals surface area contributed by atoms with Gasteiger partial charge < -0.3 is 19.5 Å². The lowest BCUT2D eigenvalue weighted by Gasteiger charge is -2.21. The number of hydrogen-bond acceptors (Lipinski definition) is 9. The molecule has 1 atom stereocenters. The predicted molar refractivity (Wildman–Crippen MR) is 74.6 cm³/mol. The molecule has 9 heteroatoms. The van der Waals surface area contributed by atoms with Crippen molar-refractivity contribution in [3.63, 3.8) is 0 Å². The fourth-order valence-electron chi connectivity index (χ4n) is 1.49. The van der Waals surface area contributed by atoms with E-state index in [1.807, 2.05) is 13.8 Å². The van der Waals surface area contributed by atoms with Crippen LogP contribution >= 0.6 is 0 Å². The fraction of sp³-hybridized carbons (Fsp3) is 0.727. The number of likely N-dealkylation sites (N-methyl/N-ethyl adjacent to an activating group) is 1. The molecule has 0 bridgehead atoms. The summed E-state index contributed by atoms with van der Waals surface area (Å²) in [5.74, 6) is 5.86. The molecule has 0 radical (unpaired) electrons. The highest BCUT2D eigenvalue weighted by molar-refractivity contribution is 5.37. The molecule has 0 saturated heterocycles. The highest BCUT2D eigenvalue weighted by atomic mass is 16.5. The molecule has 0 spiro atoms. The van der Waals surface area contributed by atoms with Gasteiger partial charge in [-0.15, -0.1) is 0 Å². The van der Waals surface area contributed by atoms with Crippen LogP contribution in [0.25, 0.3) is 0 Å². The van der Waals surface area contributed by atoms with E-state index in [4.69, 9.17) is 15.3 Å². The Hall–Kier alpha value is -1.71. The molecule has 1 heterocycles. The van der Waals surface area contributed by atoms with Gasteiger partial charge in [0, 0.05) is 20.7 Å². The van der Waals surface area contributed by atoms with Gasteiger partial charge in [0.25, 0.3) is 0 Å². The Bertz CT molecular complexity index is 417. The zero-order valence-electron chi connectivity index (χ0n) is 12.2. The first-order chi connectivity index (χ1) is 9.46. The number of methoxy groups -OCH3 is 1. The Balaban J connectivity index is 2.86. The summed E-state index contributed by atoms with van der Waals surface area (Å²) in [6.45, 7) is 4.27. The monoisotopic (exact) mass is 286 g/mol. The number of nitrogens with two attached hydrogens (primary N) is 1. The molecular formula is C11H22N6O3. The molecule has 0 fully saturated rings. The lowest BCUT2D eigenvalue weighted by Crippen LogP contribution is -2.33. The Morgan fingerprint density at radius 2 is 2.05 bits per heavy atom.